The zero-order chi connectivity index (χ0) is 23.9. The van der Waals surface area contributed by atoms with E-state index in [0.29, 0.717) is 0 Å². The molecule has 7 aromatic rings. The van der Waals surface area contributed by atoms with Gasteiger partial charge in [-0.05, 0) is 82.2 Å². The third-order valence-electron chi connectivity index (χ3n) is 7.02. The summed E-state index contributed by atoms with van der Waals surface area (Å²) in [5, 5.41) is 2.49. The number of rotatable bonds is 4. The Labute approximate surface area is 210 Å². The lowest BCUT2D eigenvalue weighted by molar-refractivity contribution is 1.13. The Balaban J connectivity index is 1.18. The predicted molar refractivity (Wildman–Crippen MR) is 151 cm³/mol. The van der Waals surface area contributed by atoms with Crippen molar-refractivity contribution in [1.82, 2.24) is 9.13 Å². The number of para-hydroxylation sites is 1. The molecule has 0 aliphatic heterocycles. The zero-order valence-electron chi connectivity index (χ0n) is 19.8. The molecule has 0 N–H and O–H groups in total. The van der Waals surface area contributed by atoms with Gasteiger partial charge < -0.3 is 9.13 Å². The van der Waals surface area contributed by atoms with Crippen LogP contribution in [0.4, 0.5) is 0 Å². The maximum absolute atomic E-state index is 2.28. The molecule has 0 bridgehead atoms. The second kappa shape index (κ2) is 8.44. The van der Waals surface area contributed by atoms with Crippen molar-refractivity contribution in [3.05, 3.63) is 146 Å². The molecule has 0 aliphatic rings. The minimum atomic E-state index is 1.17. The number of fused-ring (bicyclic) bond motifs is 2. The van der Waals surface area contributed by atoms with Crippen LogP contribution in [0.3, 0.4) is 0 Å². The van der Waals surface area contributed by atoms with Crippen molar-refractivity contribution in [2.45, 2.75) is 0 Å². The van der Waals surface area contributed by atoms with Crippen LogP contribution in [0.15, 0.2) is 146 Å². The molecule has 2 heterocycles. The van der Waals surface area contributed by atoms with Gasteiger partial charge in [-0.1, -0.05) is 78.9 Å². The molecule has 0 spiro atoms. The van der Waals surface area contributed by atoms with Crippen LogP contribution in [-0.4, -0.2) is 9.13 Å². The van der Waals surface area contributed by atoms with E-state index in [1.807, 2.05) is 0 Å². The number of hydrogen-bond donors (Lipinski definition) is 0. The third-order valence-corrected chi connectivity index (χ3v) is 7.02. The largest absolute Gasteiger partial charge is 0.317 e. The van der Waals surface area contributed by atoms with Crippen molar-refractivity contribution in [3.8, 4) is 33.6 Å². The first-order valence-electron chi connectivity index (χ1n) is 12.3. The Bertz CT molecular complexity index is 1800. The molecule has 5 aromatic carbocycles. The highest BCUT2D eigenvalue weighted by Crippen LogP contribution is 2.29. The molecule has 170 valence electrons. The van der Waals surface area contributed by atoms with Gasteiger partial charge in [-0.15, -0.1) is 0 Å². The van der Waals surface area contributed by atoms with Gasteiger partial charge in [0.1, 0.15) is 0 Å². The summed E-state index contributed by atoms with van der Waals surface area (Å²) < 4.78 is 4.50. The molecule has 36 heavy (non-hydrogen) atoms. The number of nitrogens with zero attached hydrogens (tertiary/aromatic N) is 2. The fourth-order valence-electron chi connectivity index (χ4n) is 5.11. The Morgan fingerprint density at radius 3 is 1.53 bits per heavy atom. The molecule has 0 unspecified atom stereocenters. The quantitative estimate of drug-likeness (QED) is 0.248. The maximum Gasteiger partial charge on any atom is 0.0528 e. The van der Waals surface area contributed by atoms with Gasteiger partial charge in [0.15, 0.2) is 0 Å². The molecule has 0 radical (unpaired) electrons. The van der Waals surface area contributed by atoms with E-state index >= 15 is 0 Å². The lowest BCUT2D eigenvalue weighted by Gasteiger charge is -2.09. The lowest BCUT2D eigenvalue weighted by atomic mass is 10.0. The lowest BCUT2D eigenvalue weighted by Crippen LogP contribution is -1.92. The monoisotopic (exact) mass is 460 g/mol. The van der Waals surface area contributed by atoms with Crippen molar-refractivity contribution in [3.63, 3.8) is 0 Å². The zero-order valence-corrected chi connectivity index (χ0v) is 19.8. The average molecular weight is 461 g/mol. The summed E-state index contributed by atoms with van der Waals surface area (Å²) in [4.78, 5) is 0. The topological polar surface area (TPSA) is 9.86 Å². The summed E-state index contributed by atoms with van der Waals surface area (Å²) in [7, 11) is 0. The Kier molecular flexibility index (Phi) is 4.82. The molecular formula is C34H24N2. The van der Waals surface area contributed by atoms with Gasteiger partial charge in [-0.3, -0.25) is 0 Å². The molecule has 2 aromatic heterocycles. The molecule has 2 nitrogen and oxygen atoms in total. The van der Waals surface area contributed by atoms with Gasteiger partial charge in [0.2, 0.25) is 0 Å². The smallest absolute Gasteiger partial charge is 0.0528 e. The first kappa shape index (κ1) is 20.5. The van der Waals surface area contributed by atoms with E-state index < -0.39 is 0 Å². The SMILES string of the molecule is c1ccc(-c2ccc(-n3ccc4cc(-c5ccc(-n6ccc7ccccc76)cc5)ccc43)cc2)cc1. The van der Waals surface area contributed by atoms with Crippen LogP contribution in [-0.2, 0) is 0 Å². The summed E-state index contributed by atoms with van der Waals surface area (Å²) in [5.41, 5.74) is 9.69. The van der Waals surface area contributed by atoms with Crippen molar-refractivity contribution >= 4 is 21.8 Å². The molecule has 0 fully saturated rings. The maximum atomic E-state index is 2.28. The molecule has 0 saturated carbocycles. The fourth-order valence-corrected chi connectivity index (χ4v) is 5.11. The van der Waals surface area contributed by atoms with Crippen LogP contribution in [0.1, 0.15) is 0 Å². The first-order chi connectivity index (χ1) is 17.8. The van der Waals surface area contributed by atoms with Crippen LogP contribution in [0, 0.1) is 0 Å². The van der Waals surface area contributed by atoms with Crippen LogP contribution >= 0.6 is 0 Å². The molecule has 0 aliphatic carbocycles. The van der Waals surface area contributed by atoms with E-state index in [1.54, 1.807) is 0 Å². The fraction of sp³-hybridized carbons (Fsp3) is 0. The Hall–Kier alpha value is -4.82. The standard InChI is InChI=1S/C34H24N2/c1-2-6-25(7-3-1)26-10-15-32(16-11-26)36-23-21-30-24-29(14-19-34(30)36)27-12-17-31(18-13-27)35-22-20-28-8-4-5-9-33(28)35/h1-24H. The van der Waals surface area contributed by atoms with Gasteiger partial charge in [0, 0.05) is 29.2 Å². The molecular weight excluding hydrogens is 436 g/mol. The average Bonchev–Trinajstić information content (AvgIpc) is 3.58. The summed E-state index contributed by atoms with van der Waals surface area (Å²) in [6, 6.07) is 47.7. The van der Waals surface area contributed by atoms with Gasteiger partial charge in [0.05, 0.1) is 11.0 Å². The third kappa shape index (κ3) is 3.52. The minimum Gasteiger partial charge on any atom is -0.317 e. The number of hydrogen-bond acceptors (Lipinski definition) is 0. The van der Waals surface area contributed by atoms with E-state index in [1.165, 1.54) is 55.4 Å². The summed E-state index contributed by atoms with van der Waals surface area (Å²) in [5.74, 6) is 0. The second-order valence-electron chi connectivity index (χ2n) is 9.16. The van der Waals surface area contributed by atoms with Crippen LogP contribution < -0.4 is 0 Å². The highest BCUT2D eigenvalue weighted by molar-refractivity contribution is 5.87. The molecule has 0 saturated heterocycles. The van der Waals surface area contributed by atoms with Crippen LogP contribution in [0.2, 0.25) is 0 Å². The van der Waals surface area contributed by atoms with E-state index in [2.05, 4.69) is 155 Å². The highest BCUT2D eigenvalue weighted by atomic mass is 15.0. The first-order valence-corrected chi connectivity index (χ1v) is 12.3. The summed E-state index contributed by atoms with van der Waals surface area (Å²) >= 11 is 0. The van der Waals surface area contributed by atoms with E-state index in [0.717, 1.165) is 0 Å². The van der Waals surface area contributed by atoms with E-state index in [4.69, 9.17) is 0 Å². The van der Waals surface area contributed by atoms with Gasteiger partial charge in [-0.2, -0.15) is 0 Å². The molecule has 0 atom stereocenters. The molecule has 7 rings (SSSR count). The Morgan fingerprint density at radius 2 is 0.833 bits per heavy atom. The van der Waals surface area contributed by atoms with Crippen LogP contribution in [0.25, 0.3) is 55.4 Å². The van der Waals surface area contributed by atoms with Crippen molar-refractivity contribution in [2.75, 3.05) is 0 Å². The highest BCUT2D eigenvalue weighted by Gasteiger charge is 2.08. The predicted octanol–water partition coefficient (Wildman–Crippen LogP) is 8.91. The van der Waals surface area contributed by atoms with Crippen molar-refractivity contribution in [2.24, 2.45) is 0 Å². The number of aromatic nitrogens is 2. The molecule has 0 amide bonds. The summed E-state index contributed by atoms with van der Waals surface area (Å²) in [6.45, 7) is 0. The Morgan fingerprint density at radius 1 is 0.333 bits per heavy atom. The molecule has 2 heteroatoms. The minimum absolute atomic E-state index is 1.17. The van der Waals surface area contributed by atoms with Crippen LogP contribution in [0.5, 0.6) is 0 Å². The van der Waals surface area contributed by atoms with Gasteiger partial charge >= 0.3 is 0 Å². The number of benzene rings is 5. The van der Waals surface area contributed by atoms with Crippen molar-refractivity contribution < 1.29 is 0 Å². The van der Waals surface area contributed by atoms with E-state index in [9.17, 15) is 0 Å². The van der Waals surface area contributed by atoms with Gasteiger partial charge in [0.25, 0.3) is 0 Å². The summed E-state index contributed by atoms with van der Waals surface area (Å²) in [6.07, 6.45) is 4.30. The van der Waals surface area contributed by atoms with Crippen molar-refractivity contribution in [1.29, 1.82) is 0 Å². The van der Waals surface area contributed by atoms with Gasteiger partial charge in [-0.25, -0.2) is 0 Å². The second-order valence-corrected chi connectivity index (χ2v) is 9.16. The normalized spacial score (nSPS) is 11.3. The van der Waals surface area contributed by atoms with E-state index in [-0.39, 0.29) is 0 Å².